The van der Waals surface area contributed by atoms with Crippen LogP contribution in [0.15, 0.2) is 53.4 Å². The Morgan fingerprint density at radius 2 is 1.62 bits per heavy atom. The number of benzene rings is 2. The predicted octanol–water partition coefficient (Wildman–Crippen LogP) is 3.40. The minimum atomic E-state index is -4.86. The number of hydrogen-bond acceptors (Lipinski definition) is 5. The maximum Gasteiger partial charge on any atom is 0.573 e. The number of ether oxygens (including phenoxy) is 2. The summed E-state index contributed by atoms with van der Waals surface area (Å²) in [5, 5.41) is 2.81. The molecule has 0 radical (unpaired) electrons. The fraction of sp³-hybridized carbons (Fsp3) is 0.381. The second-order valence-electron chi connectivity index (χ2n) is 7.02. The van der Waals surface area contributed by atoms with Gasteiger partial charge >= 0.3 is 6.36 Å². The summed E-state index contributed by atoms with van der Waals surface area (Å²) < 4.78 is 72.0. The van der Waals surface area contributed by atoms with Gasteiger partial charge in [-0.1, -0.05) is 12.1 Å². The molecule has 176 valence electrons. The van der Waals surface area contributed by atoms with Gasteiger partial charge in [-0.15, -0.1) is 13.2 Å². The maximum atomic E-state index is 12.2. The van der Waals surface area contributed by atoms with Crippen LogP contribution in [0.2, 0.25) is 0 Å². The predicted molar refractivity (Wildman–Crippen MR) is 112 cm³/mol. The van der Waals surface area contributed by atoms with Crippen LogP contribution in [0.25, 0.3) is 0 Å². The number of sulfonamides is 1. The summed E-state index contributed by atoms with van der Waals surface area (Å²) in [7, 11) is -2.38. The van der Waals surface area contributed by atoms with Crippen molar-refractivity contribution in [1.82, 2.24) is 10.0 Å². The van der Waals surface area contributed by atoms with E-state index in [9.17, 15) is 26.4 Å². The van der Waals surface area contributed by atoms with Gasteiger partial charge < -0.3 is 14.8 Å². The smallest absolute Gasteiger partial charge is 0.497 e. The van der Waals surface area contributed by atoms with Gasteiger partial charge in [-0.25, -0.2) is 13.1 Å². The Bertz CT molecular complexity index is 978. The number of alkyl halides is 3. The molecule has 0 saturated carbocycles. The summed E-state index contributed by atoms with van der Waals surface area (Å²) in [6.45, 7) is 1.70. The minimum absolute atomic E-state index is 0.0820. The molecule has 0 spiro atoms. The van der Waals surface area contributed by atoms with Gasteiger partial charge in [0.15, 0.2) is 0 Å². The highest BCUT2D eigenvalue weighted by Crippen LogP contribution is 2.23. The molecule has 0 heterocycles. The molecule has 1 unspecified atom stereocenters. The molecule has 32 heavy (non-hydrogen) atoms. The second-order valence-corrected chi connectivity index (χ2v) is 8.79. The molecule has 0 aromatic heterocycles. The van der Waals surface area contributed by atoms with Gasteiger partial charge in [-0.3, -0.25) is 4.79 Å². The molecule has 2 aromatic carbocycles. The molecule has 2 N–H and O–H groups in total. The van der Waals surface area contributed by atoms with E-state index in [0.717, 1.165) is 42.0 Å². The number of halogens is 3. The summed E-state index contributed by atoms with van der Waals surface area (Å²) in [4.78, 5) is 11.8. The van der Waals surface area contributed by atoms with Crippen molar-refractivity contribution in [2.75, 3.05) is 13.7 Å². The highest BCUT2D eigenvalue weighted by atomic mass is 32.2. The molecule has 0 fully saturated rings. The molecule has 0 aliphatic carbocycles. The first kappa shape index (κ1) is 25.5. The standard InChI is InChI=1S/C21H25F3N2O5S/c1-15(3-4-16-5-7-17(30-2)8-6-16)26-20(27)13-14-25-32(28,29)19-11-9-18(10-12-19)31-21(22,23)24/h5-12,15,25H,3-4,13-14H2,1-2H3,(H,26,27). The third kappa shape index (κ3) is 8.75. The molecule has 0 aliphatic heterocycles. The van der Waals surface area contributed by atoms with E-state index in [1.54, 1.807) is 7.11 Å². The van der Waals surface area contributed by atoms with Gasteiger partial charge in [-0.05, 0) is 61.7 Å². The van der Waals surface area contributed by atoms with Crippen molar-refractivity contribution >= 4 is 15.9 Å². The third-order valence-corrected chi connectivity index (χ3v) is 5.92. The van der Waals surface area contributed by atoms with Crippen molar-refractivity contribution in [3.05, 3.63) is 54.1 Å². The number of aryl methyl sites for hydroxylation is 1. The average molecular weight is 475 g/mol. The summed E-state index contributed by atoms with van der Waals surface area (Å²) in [6, 6.07) is 11.3. The lowest BCUT2D eigenvalue weighted by molar-refractivity contribution is -0.274. The highest BCUT2D eigenvalue weighted by molar-refractivity contribution is 7.89. The first-order valence-electron chi connectivity index (χ1n) is 9.76. The number of rotatable bonds is 11. The second kappa shape index (κ2) is 11.2. The SMILES string of the molecule is COc1ccc(CCC(C)NC(=O)CCNS(=O)(=O)c2ccc(OC(F)(F)F)cc2)cc1. The van der Waals surface area contributed by atoms with E-state index in [1.165, 1.54) is 0 Å². The van der Waals surface area contributed by atoms with E-state index in [0.29, 0.717) is 6.42 Å². The molecule has 1 atom stereocenters. The topological polar surface area (TPSA) is 93.7 Å². The fourth-order valence-corrected chi connectivity index (χ4v) is 3.83. The van der Waals surface area contributed by atoms with Crippen LogP contribution in [-0.2, 0) is 21.2 Å². The molecule has 0 saturated heterocycles. The zero-order valence-corrected chi connectivity index (χ0v) is 18.4. The lowest BCUT2D eigenvalue weighted by Crippen LogP contribution is -2.35. The van der Waals surface area contributed by atoms with Gasteiger partial charge in [0, 0.05) is 19.0 Å². The van der Waals surface area contributed by atoms with Crippen LogP contribution in [0, 0.1) is 0 Å². The number of carbonyl (C=O) groups is 1. The normalized spacial score (nSPS) is 12.8. The van der Waals surface area contributed by atoms with Crippen LogP contribution in [0.3, 0.4) is 0 Å². The van der Waals surface area contributed by atoms with Gasteiger partial charge in [-0.2, -0.15) is 0 Å². The van der Waals surface area contributed by atoms with Crippen LogP contribution >= 0.6 is 0 Å². The van der Waals surface area contributed by atoms with Crippen LogP contribution < -0.4 is 19.5 Å². The first-order valence-corrected chi connectivity index (χ1v) is 11.2. The Morgan fingerprint density at radius 3 is 2.19 bits per heavy atom. The number of amides is 1. The Labute approximate surface area is 185 Å². The molecule has 2 aromatic rings. The number of methoxy groups -OCH3 is 1. The maximum absolute atomic E-state index is 12.2. The molecule has 0 bridgehead atoms. The van der Waals surface area contributed by atoms with E-state index in [-0.39, 0.29) is 29.8 Å². The zero-order valence-electron chi connectivity index (χ0n) is 17.6. The third-order valence-electron chi connectivity index (χ3n) is 4.44. The number of hydrogen-bond donors (Lipinski definition) is 2. The number of carbonyl (C=O) groups excluding carboxylic acids is 1. The van der Waals surface area contributed by atoms with Crippen LogP contribution in [0.4, 0.5) is 13.2 Å². The fourth-order valence-electron chi connectivity index (χ4n) is 2.80. The molecule has 1 amide bonds. The molecule has 11 heteroatoms. The summed E-state index contributed by atoms with van der Waals surface area (Å²) in [5.74, 6) is -0.0774. The molecular weight excluding hydrogens is 449 g/mol. The lowest BCUT2D eigenvalue weighted by atomic mass is 10.1. The van der Waals surface area contributed by atoms with Gasteiger partial charge in [0.2, 0.25) is 15.9 Å². The molecule has 7 nitrogen and oxygen atoms in total. The van der Waals surface area contributed by atoms with Gasteiger partial charge in [0.05, 0.1) is 12.0 Å². The van der Waals surface area contributed by atoms with E-state index in [1.807, 2.05) is 31.2 Å². The molecule has 0 aliphatic rings. The monoisotopic (exact) mass is 474 g/mol. The van der Waals surface area contributed by atoms with Crippen molar-refractivity contribution < 1.29 is 35.9 Å². The highest BCUT2D eigenvalue weighted by Gasteiger charge is 2.31. The Hall–Kier alpha value is -2.79. The van der Waals surface area contributed by atoms with E-state index in [4.69, 9.17) is 4.74 Å². The molecular formula is C21H25F3N2O5S. The number of nitrogens with one attached hydrogen (secondary N) is 2. The van der Waals surface area contributed by atoms with E-state index < -0.39 is 22.1 Å². The van der Waals surface area contributed by atoms with Crippen LogP contribution in [0.1, 0.15) is 25.3 Å². The van der Waals surface area contributed by atoms with Crippen LogP contribution in [-0.4, -0.2) is 40.4 Å². The Balaban J connectivity index is 1.74. The van der Waals surface area contributed by atoms with Gasteiger partial charge in [0.25, 0.3) is 0 Å². The van der Waals surface area contributed by atoms with Crippen molar-refractivity contribution in [1.29, 1.82) is 0 Å². The van der Waals surface area contributed by atoms with E-state index >= 15 is 0 Å². The van der Waals surface area contributed by atoms with Crippen molar-refractivity contribution in [2.24, 2.45) is 0 Å². The van der Waals surface area contributed by atoms with Crippen molar-refractivity contribution in [3.8, 4) is 11.5 Å². The Kier molecular flexibility index (Phi) is 8.90. The molecule has 2 rings (SSSR count). The van der Waals surface area contributed by atoms with Crippen molar-refractivity contribution in [2.45, 2.75) is 43.5 Å². The summed E-state index contributed by atoms with van der Waals surface area (Å²) in [6.07, 6.45) is -3.48. The zero-order chi connectivity index (χ0) is 23.8. The van der Waals surface area contributed by atoms with Crippen LogP contribution in [0.5, 0.6) is 11.5 Å². The minimum Gasteiger partial charge on any atom is -0.497 e. The quantitative estimate of drug-likeness (QED) is 0.521. The largest absolute Gasteiger partial charge is 0.573 e. The summed E-state index contributed by atoms with van der Waals surface area (Å²) in [5.41, 5.74) is 1.10. The van der Waals surface area contributed by atoms with Crippen molar-refractivity contribution in [3.63, 3.8) is 0 Å². The first-order chi connectivity index (χ1) is 15.0. The summed E-state index contributed by atoms with van der Waals surface area (Å²) >= 11 is 0. The lowest BCUT2D eigenvalue weighted by Gasteiger charge is -2.14. The van der Waals surface area contributed by atoms with Gasteiger partial charge in [0.1, 0.15) is 11.5 Å². The van der Waals surface area contributed by atoms with E-state index in [2.05, 4.69) is 14.8 Å². The Morgan fingerprint density at radius 1 is 1.03 bits per heavy atom. The average Bonchev–Trinajstić information content (AvgIpc) is 2.71.